The van der Waals surface area contributed by atoms with Crippen LogP contribution in [0.2, 0.25) is 0 Å². The monoisotopic (exact) mass is 1200 g/mol. The largest absolute Gasteiger partial charge is 0.466 e. The van der Waals surface area contributed by atoms with Crippen LogP contribution in [-0.2, 0) is 14.3 Å². The third-order valence-corrected chi connectivity index (χ3v) is 18.5. The zero-order valence-corrected chi connectivity index (χ0v) is 57.9. The zero-order valence-electron chi connectivity index (χ0n) is 57.9. The van der Waals surface area contributed by atoms with Gasteiger partial charge in [-0.15, -0.1) is 0 Å². The predicted molar refractivity (Wildman–Crippen MR) is 375 cm³/mol. The van der Waals surface area contributed by atoms with Gasteiger partial charge in [0.1, 0.15) is 0 Å². The molecule has 85 heavy (non-hydrogen) atoms. The average Bonchev–Trinajstić information content (AvgIpc) is 3.51. The quantitative estimate of drug-likeness (QED) is 0.0320. The van der Waals surface area contributed by atoms with Crippen LogP contribution in [0.25, 0.3) is 0 Å². The molecule has 0 aromatic rings. The molecule has 6 nitrogen and oxygen atoms in total. The summed E-state index contributed by atoms with van der Waals surface area (Å²) in [7, 11) is 0. The molecule has 0 bridgehead atoms. The van der Waals surface area contributed by atoms with Crippen LogP contribution in [0.15, 0.2) is 24.3 Å². The smallest absolute Gasteiger partial charge is 0.305 e. The van der Waals surface area contributed by atoms with Crippen molar-refractivity contribution in [3.8, 4) is 0 Å². The lowest BCUT2D eigenvalue weighted by molar-refractivity contribution is -0.143. The lowest BCUT2D eigenvalue weighted by Gasteiger charge is -2.22. The van der Waals surface area contributed by atoms with Crippen LogP contribution in [0, 0.1) is 0 Å². The van der Waals surface area contributed by atoms with E-state index in [2.05, 4.69) is 43.5 Å². The van der Waals surface area contributed by atoms with Gasteiger partial charge in [-0.2, -0.15) is 0 Å². The molecule has 0 fully saturated rings. The zero-order chi connectivity index (χ0) is 61.3. The normalized spacial score (nSPS) is 12.6. The van der Waals surface area contributed by atoms with Crippen LogP contribution in [0.4, 0.5) is 0 Å². The molecule has 0 aliphatic heterocycles. The lowest BCUT2D eigenvalue weighted by Crippen LogP contribution is -2.45. The fourth-order valence-corrected chi connectivity index (χ4v) is 12.6. The van der Waals surface area contributed by atoms with E-state index in [4.69, 9.17) is 4.74 Å². The number of hydrogen-bond donors (Lipinski definition) is 3. The number of carbonyl (C=O) groups is 2. The summed E-state index contributed by atoms with van der Waals surface area (Å²) in [5.74, 6) is -0.0150. The molecule has 0 saturated heterocycles. The number of aliphatic hydroxyl groups is 2. The van der Waals surface area contributed by atoms with Gasteiger partial charge >= 0.3 is 5.97 Å². The molecule has 3 N–H and O–H groups in total. The summed E-state index contributed by atoms with van der Waals surface area (Å²) >= 11 is 0. The number of aliphatic hydroxyl groups excluding tert-OH is 2. The Labute approximate surface area is 532 Å². The third-order valence-electron chi connectivity index (χ3n) is 18.5. The van der Waals surface area contributed by atoms with Crippen LogP contribution in [0.3, 0.4) is 0 Å². The minimum absolute atomic E-state index is 0.0112. The van der Waals surface area contributed by atoms with Gasteiger partial charge in [0.05, 0.1) is 25.4 Å². The number of amides is 1. The minimum atomic E-state index is -0.659. The molecular formula is C79H153NO5. The summed E-state index contributed by atoms with van der Waals surface area (Å²) < 4.78 is 5.50. The number of ether oxygens (including phenoxy) is 1. The first-order valence-corrected chi connectivity index (χ1v) is 39.1. The van der Waals surface area contributed by atoms with E-state index in [9.17, 15) is 19.8 Å². The van der Waals surface area contributed by atoms with Crippen LogP contribution in [0.1, 0.15) is 444 Å². The Balaban J connectivity index is 3.28. The molecule has 0 heterocycles. The highest BCUT2D eigenvalue weighted by Crippen LogP contribution is 2.20. The van der Waals surface area contributed by atoms with Crippen molar-refractivity contribution in [2.75, 3.05) is 13.2 Å². The Bertz CT molecular complexity index is 1330. The standard InChI is InChI=1S/C79H153NO5/c1-3-5-7-9-11-13-15-17-18-45-49-53-57-61-65-69-73-79(84)85-74-70-66-62-58-54-50-46-43-41-39-37-35-33-31-29-27-25-23-21-19-20-22-24-26-28-30-32-34-36-38-40-42-44-48-52-56-60-64-68-72-78(83)80-76(75-81)77(82)71-67-63-59-55-51-47-16-14-12-10-8-6-4-2/h13,15,18,45,76-77,81-82H,3-12,14,16-17,19-44,46-75H2,1-2H3,(H,80,83)/b15-13-,45-18-. The molecule has 0 aromatic heterocycles. The van der Waals surface area contributed by atoms with Crippen molar-refractivity contribution >= 4 is 11.9 Å². The molecule has 1 amide bonds. The Morgan fingerprint density at radius 3 is 0.906 bits per heavy atom. The number of rotatable bonds is 74. The second-order valence-corrected chi connectivity index (χ2v) is 27.0. The Morgan fingerprint density at radius 2 is 0.588 bits per heavy atom. The van der Waals surface area contributed by atoms with Gasteiger partial charge in [0, 0.05) is 12.8 Å². The number of esters is 1. The van der Waals surface area contributed by atoms with E-state index in [1.165, 1.54) is 360 Å². The van der Waals surface area contributed by atoms with Gasteiger partial charge in [-0.25, -0.2) is 0 Å². The summed E-state index contributed by atoms with van der Waals surface area (Å²) in [6.45, 7) is 4.97. The molecule has 0 rings (SSSR count). The first kappa shape index (κ1) is 83.3. The molecule has 0 aliphatic carbocycles. The molecular weight excluding hydrogens is 1040 g/mol. The Hall–Kier alpha value is -1.66. The third kappa shape index (κ3) is 71.3. The summed E-state index contributed by atoms with van der Waals surface area (Å²) in [4.78, 5) is 24.6. The van der Waals surface area contributed by atoms with Crippen LogP contribution in [0.5, 0.6) is 0 Å². The van der Waals surface area contributed by atoms with Crippen molar-refractivity contribution in [3.63, 3.8) is 0 Å². The Kier molecular flexibility index (Phi) is 73.3. The van der Waals surface area contributed by atoms with E-state index in [-0.39, 0.29) is 18.5 Å². The molecule has 0 radical (unpaired) electrons. The molecule has 0 spiro atoms. The van der Waals surface area contributed by atoms with E-state index in [0.29, 0.717) is 25.9 Å². The molecule has 6 heteroatoms. The molecule has 2 atom stereocenters. The van der Waals surface area contributed by atoms with Crippen molar-refractivity contribution in [3.05, 3.63) is 24.3 Å². The van der Waals surface area contributed by atoms with E-state index in [1.807, 2.05) is 0 Å². The Morgan fingerprint density at radius 1 is 0.329 bits per heavy atom. The fourth-order valence-electron chi connectivity index (χ4n) is 12.6. The summed E-state index contributed by atoms with van der Waals surface area (Å²) in [6, 6.07) is -0.535. The van der Waals surface area contributed by atoms with Crippen LogP contribution < -0.4 is 5.32 Å². The highest BCUT2D eigenvalue weighted by atomic mass is 16.5. The second kappa shape index (κ2) is 74.8. The van der Waals surface area contributed by atoms with Gasteiger partial charge in [0.15, 0.2) is 0 Å². The van der Waals surface area contributed by atoms with Gasteiger partial charge in [-0.05, 0) is 57.8 Å². The summed E-state index contributed by atoms with van der Waals surface area (Å²) in [5, 5.41) is 23.3. The van der Waals surface area contributed by atoms with E-state index >= 15 is 0 Å². The molecule has 0 aliphatic rings. The van der Waals surface area contributed by atoms with Crippen molar-refractivity contribution in [1.29, 1.82) is 0 Å². The first-order chi connectivity index (χ1) is 42.0. The predicted octanol–water partition coefficient (Wildman–Crippen LogP) is 25.7. The highest BCUT2D eigenvalue weighted by molar-refractivity contribution is 5.76. The molecule has 0 aromatic carbocycles. The lowest BCUT2D eigenvalue weighted by atomic mass is 10.0. The maximum Gasteiger partial charge on any atom is 0.305 e. The average molecular weight is 1200 g/mol. The first-order valence-electron chi connectivity index (χ1n) is 39.1. The van der Waals surface area contributed by atoms with Gasteiger partial charge < -0.3 is 20.3 Å². The van der Waals surface area contributed by atoms with Crippen molar-refractivity contribution in [2.24, 2.45) is 0 Å². The van der Waals surface area contributed by atoms with Crippen LogP contribution in [-0.4, -0.2) is 47.4 Å². The van der Waals surface area contributed by atoms with Gasteiger partial charge in [0.25, 0.3) is 0 Å². The summed E-state index contributed by atoms with van der Waals surface area (Å²) in [5.41, 5.74) is 0. The maximum absolute atomic E-state index is 12.5. The van der Waals surface area contributed by atoms with Crippen molar-refractivity contribution in [1.82, 2.24) is 5.32 Å². The van der Waals surface area contributed by atoms with Crippen molar-refractivity contribution in [2.45, 2.75) is 456 Å². The van der Waals surface area contributed by atoms with Crippen LogP contribution >= 0.6 is 0 Å². The van der Waals surface area contributed by atoms with E-state index in [0.717, 1.165) is 51.4 Å². The molecule has 504 valence electrons. The minimum Gasteiger partial charge on any atom is -0.466 e. The number of hydrogen-bond acceptors (Lipinski definition) is 5. The highest BCUT2D eigenvalue weighted by Gasteiger charge is 2.20. The number of allylic oxidation sites excluding steroid dienone is 4. The maximum atomic E-state index is 12.5. The van der Waals surface area contributed by atoms with Gasteiger partial charge in [-0.3, -0.25) is 9.59 Å². The second-order valence-electron chi connectivity index (χ2n) is 27.0. The van der Waals surface area contributed by atoms with Gasteiger partial charge in [0.2, 0.25) is 5.91 Å². The number of nitrogens with one attached hydrogen (secondary N) is 1. The van der Waals surface area contributed by atoms with E-state index < -0.39 is 12.1 Å². The topological polar surface area (TPSA) is 95.9 Å². The SMILES string of the molecule is CCCCCC/C=C\C/C=C\CCCCCCCC(=O)OCCCCCCCCCCCCCCCCCCCCCCCCCCCCCCCCCCCCCCCCCC(=O)NC(CO)C(O)CCCCCCCCCCCCCCC. The van der Waals surface area contributed by atoms with Crippen molar-refractivity contribution < 1.29 is 24.5 Å². The van der Waals surface area contributed by atoms with Gasteiger partial charge in [-0.1, -0.05) is 398 Å². The summed E-state index contributed by atoms with van der Waals surface area (Å²) in [6.07, 6.45) is 95.7. The number of unbranched alkanes of at least 4 members (excludes halogenated alkanes) is 59. The van der Waals surface area contributed by atoms with E-state index in [1.54, 1.807) is 0 Å². The number of carbonyl (C=O) groups excluding carboxylic acids is 2. The molecule has 0 saturated carbocycles. The molecule has 2 unspecified atom stereocenters. The fraction of sp³-hybridized carbons (Fsp3) is 0.924.